The summed E-state index contributed by atoms with van der Waals surface area (Å²) >= 11 is 1.60. The number of hydrogen-bond acceptors (Lipinski definition) is 3. The summed E-state index contributed by atoms with van der Waals surface area (Å²) in [5.41, 5.74) is 2.74. The van der Waals surface area contributed by atoms with Crippen LogP contribution in [-0.4, -0.2) is 11.9 Å². The molecular weight excluding hydrogens is 347 g/mol. The Bertz CT molecular complexity index is 862. The zero-order chi connectivity index (χ0) is 18.5. The van der Waals surface area contributed by atoms with Gasteiger partial charge in [-0.2, -0.15) is 0 Å². The number of carbonyl (C=O) groups excluding carboxylic acids is 1. The van der Waals surface area contributed by atoms with E-state index < -0.39 is 6.04 Å². The summed E-state index contributed by atoms with van der Waals surface area (Å²) in [4.78, 5) is 13.7. The second kappa shape index (κ2) is 8.25. The van der Waals surface area contributed by atoms with E-state index in [4.69, 9.17) is 0 Å². The van der Waals surface area contributed by atoms with E-state index in [1.54, 1.807) is 23.5 Å². The first-order valence-corrected chi connectivity index (χ1v) is 9.34. The molecule has 1 heterocycles. The molecule has 2 atom stereocenters. The van der Waals surface area contributed by atoms with Gasteiger partial charge < -0.3 is 5.32 Å². The smallest absolute Gasteiger partial charge is 0.241 e. The highest BCUT2D eigenvalue weighted by molar-refractivity contribution is 7.10. The van der Waals surface area contributed by atoms with Crippen molar-refractivity contribution in [2.45, 2.75) is 25.9 Å². The van der Waals surface area contributed by atoms with Gasteiger partial charge in [-0.25, -0.2) is 4.39 Å². The van der Waals surface area contributed by atoms with E-state index in [2.05, 4.69) is 10.6 Å². The molecule has 3 nitrogen and oxygen atoms in total. The molecule has 0 spiro atoms. The molecule has 2 N–H and O–H groups in total. The zero-order valence-corrected chi connectivity index (χ0v) is 15.5. The highest BCUT2D eigenvalue weighted by Crippen LogP contribution is 2.27. The molecule has 2 aromatic carbocycles. The van der Waals surface area contributed by atoms with Crippen molar-refractivity contribution in [3.63, 3.8) is 0 Å². The van der Waals surface area contributed by atoms with Crippen LogP contribution in [0.15, 0.2) is 66.0 Å². The van der Waals surface area contributed by atoms with Crippen LogP contribution in [0.1, 0.15) is 29.0 Å². The van der Waals surface area contributed by atoms with Gasteiger partial charge >= 0.3 is 0 Å². The fraction of sp³-hybridized carbons (Fsp3) is 0.190. The van der Waals surface area contributed by atoms with Gasteiger partial charge in [0.1, 0.15) is 5.82 Å². The van der Waals surface area contributed by atoms with E-state index in [-0.39, 0.29) is 17.8 Å². The Hall–Kier alpha value is -2.50. The number of rotatable bonds is 6. The van der Waals surface area contributed by atoms with Gasteiger partial charge in [0.15, 0.2) is 0 Å². The number of para-hydroxylation sites is 1. The molecule has 0 aliphatic carbocycles. The fourth-order valence-corrected chi connectivity index (χ4v) is 3.54. The van der Waals surface area contributed by atoms with E-state index >= 15 is 0 Å². The maximum Gasteiger partial charge on any atom is 0.241 e. The summed E-state index contributed by atoms with van der Waals surface area (Å²) in [5, 5.41) is 8.33. The summed E-state index contributed by atoms with van der Waals surface area (Å²) in [6, 6.07) is 17.4. The molecular formula is C21H21FN2OS. The Morgan fingerprint density at radius 1 is 1.04 bits per heavy atom. The van der Waals surface area contributed by atoms with Gasteiger partial charge in [0.2, 0.25) is 5.91 Å². The molecule has 26 heavy (non-hydrogen) atoms. The number of carbonyl (C=O) groups is 1. The topological polar surface area (TPSA) is 41.1 Å². The maximum atomic E-state index is 13.3. The lowest BCUT2D eigenvalue weighted by molar-refractivity contribution is -0.117. The summed E-state index contributed by atoms with van der Waals surface area (Å²) in [6.07, 6.45) is 0. The first-order chi connectivity index (χ1) is 12.5. The van der Waals surface area contributed by atoms with Gasteiger partial charge in [-0.05, 0) is 54.6 Å². The number of thiophene rings is 1. The molecule has 0 fully saturated rings. The summed E-state index contributed by atoms with van der Waals surface area (Å²) in [6.45, 7) is 3.79. The average Bonchev–Trinajstić information content (AvgIpc) is 3.16. The van der Waals surface area contributed by atoms with Crippen molar-refractivity contribution in [1.29, 1.82) is 0 Å². The van der Waals surface area contributed by atoms with E-state index in [1.807, 2.05) is 55.6 Å². The number of benzene rings is 2. The minimum atomic E-state index is -0.424. The number of anilines is 1. The molecule has 0 unspecified atom stereocenters. The first kappa shape index (κ1) is 18.3. The zero-order valence-electron chi connectivity index (χ0n) is 14.7. The molecule has 0 bridgehead atoms. The lowest BCUT2D eigenvalue weighted by atomic mass is 10.0. The van der Waals surface area contributed by atoms with Gasteiger partial charge in [-0.3, -0.25) is 10.1 Å². The SMILES string of the molecule is Cc1ccccc1NC(=O)[C@@H](C)N[C@H](c1ccc(F)cc1)c1cccs1. The molecule has 1 aromatic heterocycles. The highest BCUT2D eigenvalue weighted by atomic mass is 32.1. The molecule has 0 saturated heterocycles. The summed E-state index contributed by atoms with van der Waals surface area (Å²) < 4.78 is 13.3. The van der Waals surface area contributed by atoms with Crippen LogP contribution in [0.5, 0.6) is 0 Å². The van der Waals surface area contributed by atoms with Gasteiger partial charge in [-0.15, -0.1) is 11.3 Å². The van der Waals surface area contributed by atoms with Crippen molar-refractivity contribution in [3.8, 4) is 0 Å². The molecule has 1 amide bonds. The highest BCUT2D eigenvalue weighted by Gasteiger charge is 2.22. The van der Waals surface area contributed by atoms with E-state index in [9.17, 15) is 9.18 Å². The lowest BCUT2D eigenvalue weighted by Crippen LogP contribution is -2.40. The van der Waals surface area contributed by atoms with Crippen molar-refractivity contribution in [2.75, 3.05) is 5.32 Å². The number of halogens is 1. The van der Waals surface area contributed by atoms with E-state index in [0.717, 1.165) is 21.7 Å². The summed E-state index contributed by atoms with van der Waals surface area (Å²) in [5.74, 6) is -0.382. The van der Waals surface area contributed by atoms with Gasteiger partial charge in [0.25, 0.3) is 0 Å². The second-order valence-corrected chi connectivity index (χ2v) is 7.17. The van der Waals surface area contributed by atoms with Gasteiger partial charge in [0, 0.05) is 10.6 Å². The Morgan fingerprint density at radius 3 is 2.42 bits per heavy atom. The van der Waals surface area contributed by atoms with Crippen LogP contribution < -0.4 is 10.6 Å². The molecule has 3 rings (SSSR count). The van der Waals surface area contributed by atoms with Crippen LogP contribution in [0.2, 0.25) is 0 Å². The normalized spacial score (nSPS) is 13.2. The molecule has 0 aliphatic heterocycles. The van der Waals surface area contributed by atoms with Crippen molar-refractivity contribution in [1.82, 2.24) is 5.32 Å². The standard InChI is InChI=1S/C21H21FN2OS/c1-14-6-3-4-7-18(14)24-21(25)15(2)23-20(19-8-5-13-26-19)16-9-11-17(22)12-10-16/h3-13,15,20,23H,1-2H3,(H,24,25)/t15-,20-/m1/s1. The Labute approximate surface area is 156 Å². The van der Waals surface area contributed by atoms with Crippen LogP contribution in [0.25, 0.3) is 0 Å². The van der Waals surface area contributed by atoms with Gasteiger partial charge in [0.05, 0.1) is 12.1 Å². The summed E-state index contributed by atoms with van der Waals surface area (Å²) in [7, 11) is 0. The number of nitrogens with one attached hydrogen (secondary N) is 2. The number of aryl methyl sites for hydroxylation is 1. The fourth-order valence-electron chi connectivity index (χ4n) is 2.73. The Kier molecular flexibility index (Phi) is 5.81. The average molecular weight is 368 g/mol. The molecule has 0 aliphatic rings. The molecule has 0 saturated carbocycles. The molecule has 134 valence electrons. The van der Waals surface area contributed by atoms with Crippen LogP contribution in [0, 0.1) is 12.7 Å². The van der Waals surface area contributed by atoms with Crippen LogP contribution in [0.3, 0.4) is 0 Å². The predicted octanol–water partition coefficient (Wildman–Crippen LogP) is 4.90. The second-order valence-electron chi connectivity index (χ2n) is 6.19. The minimum absolute atomic E-state index is 0.108. The van der Waals surface area contributed by atoms with Gasteiger partial charge in [-0.1, -0.05) is 36.4 Å². The Balaban J connectivity index is 1.77. The van der Waals surface area contributed by atoms with Crippen molar-refractivity contribution >= 4 is 22.9 Å². The maximum absolute atomic E-state index is 13.3. The monoisotopic (exact) mass is 368 g/mol. The van der Waals surface area contributed by atoms with Crippen molar-refractivity contribution in [3.05, 3.63) is 87.9 Å². The quantitative estimate of drug-likeness (QED) is 0.650. The third-order valence-electron chi connectivity index (χ3n) is 4.24. The van der Waals surface area contributed by atoms with E-state index in [0.29, 0.717) is 0 Å². The van der Waals surface area contributed by atoms with Crippen molar-refractivity contribution < 1.29 is 9.18 Å². The van der Waals surface area contributed by atoms with Crippen LogP contribution in [0.4, 0.5) is 10.1 Å². The molecule has 5 heteroatoms. The third-order valence-corrected chi connectivity index (χ3v) is 5.18. The lowest BCUT2D eigenvalue weighted by Gasteiger charge is -2.23. The van der Waals surface area contributed by atoms with Crippen LogP contribution in [-0.2, 0) is 4.79 Å². The molecule has 0 radical (unpaired) electrons. The molecule has 3 aromatic rings. The van der Waals surface area contributed by atoms with Crippen molar-refractivity contribution in [2.24, 2.45) is 0 Å². The first-order valence-electron chi connectivity index (χ1n) is 8.46. The van der Waals surface area contributed by atoms with E-state index in [1.165, 1.54) is 12.1 Å². The Morgan fingerprint density at radius 2 is 1.77 bits per heavy atom. The predicted molar refractivity (Wildman–Crippen MR) is 105 cm³/mol. The minimum Gasteiger partial charge on any atom is -0.324 e. The third kappa shape index (κ3) is 4.36. The van der Waals surface area contributed by atoms with Crippen LogP contribution >= 0.6 is 11.3 Å². The number of amides is 1. The number of hydrogen-bond donors (Lipinski definition) is 2. The largest absolute Gasteiger partial charge is 0.324 e.